The highest BCUT2D eigenvalue weighted by atomic mass is 32.1. The van der Waals surface area contributed by atoms with Gasteiger partial charge in [-0.15, -0.1) is 11.3 Å². The zero-order valence-electron chi connectivity index (χ0n) is 12.1. The zero-order chi connectivity index (χ0) is 13.4. The third kappa shape index (κ3) is 5.34. The van der Waals surface area contributed by atoms with Gasteiger partial charge >= 0.3 is 0 Å². The summed E-state index contributed by atoms with van der Waals surface area (Å²) in [7, 11) is 0. The van der Waals surface area contributed by atoms with Crippen molar-refractivity contribution in [2.75, 3.05) is 0 Å². The Morgan fingerprint density at radius 1 is 1.06 bits per heavy atom. The summed E-state index contributed by atoms with van der Waals surface area (Å²) in [6.07, 6.45) is 9.62. The van der Waals surface area contributed by atoms with Gasteiger partial charge in [0, 0.05) is 11.3 Å². The van der Waals surface area contributed by atoms with E-state index in [0.717, 1.165) is 17.7 Å². The molecule has 1 aromatic rings. The summed E-state index contributed by atoms with van der Waals surface area (Å²) in [6.45, 7) is 6.41. The summed E-state index contributed by atoms with van der Waals surface area (Å²) in [5.74, 6) is 0.338. The van der Waals surface area contributed by atoms with Crippen molar-refractivity contribution in [3.05, 3.63) is 21.4 Å². The lowest BCUT2D eigenvalue weighted by Gasteiger charge is -2.00. The summed E-state index contributed by atoms with van der Waals surface area (Å²) >= 11 is 1.65. The van der Waals surface area contributed by atoms with E-state index in [1.807, 2.05) is 6.07 Å². The molecule has 0 radical (unpaired) electrons. The van der Waals surface area contributed by atoms with Crippen molar-refractivity contribution in [1.29, 1.82) is 0 Å². The average molecular weight is 266 g/mol. The van der Waals surface area contributed by atoms with E-state index in [1.165, 1.54) is 49.0 Å². The molecule has 0 aliphatic rings. The lowest BCUT2D eigenvalue weighted by molar-refractivity contribution is 0.0983. The number of Topliss-reactive ketones (excluding diaryl/α,β-unsaturated/α-hetero) is 1. The topological polar surface area (TPSA) is 17.1 Å². The predicted octanol–water partition coefficient (Wildman–Crippen LogP) is 5.69. The van der Waals surface area contributed by atoms with Crippen LogP contribution in [0.15, 0.2) is 6.07 Å². The van der Waals surface area contributed by atoms with Crippen LogP contribution in [0.2, 0.25) is 0 Å². The number of unbranched alkanes of at least 4 members (excludes halogenated alkanes) is 6. The maximum atomic E-state index is 12.0. The van der Waals surface area contributed by atoms with E-state index < -0.39 is 0 Å². The molecule has 0 saturated heterocycles. The van der Waals surface area contributed by atoms with Crippen molar-refractivity contribution in [2.45, 2.75) is 72.1 Å². The van der Waals surface area contributed by atoms with Crippen LogP contribution in [0.1, 0.15) is 78.4 Å². The van der Waals surface area contributed by atoms with Crippen LogP contribution in [0, 0.1) is 13.8 Å². The third-order valence-corrected chi connectivity index (χ3v) is 4.64. The van der Waals surface area contributed by atoms with Gasteiger partial charge in [0.1, 0.15) is 0 Å². The quantitative estimate of drug-likeness (QED) is 0.414. The van der Waals surface area contributed by atoms with Crippen LogP contribution < -0.4 is 0 Å². The SMILES string of the molecule is CCCCCCCCCC(=O)c1cc(C)c(C)s1. The van der Waals surface area contributed by atoms with Crippen molar-refractivity contribution in [3.63, 3.8) is 0 Å². The van der Waals surface area contributed by atoms with Crippen molar-refractivity contribution in [1.82, 2.24) is 0 Å². The minimum atomic E-state index is 0.338. The molecule has 1 rings (SSSR count). The van der Waals surface area contributed by atoms with Crippen molar-refractivity contribution in [2.24, 2.45) is 0 Å². The predicted molar refractivity (Wildman–Crippen MR) is 80.7 cm³/mol. The van der Waals surface area contributed by atoms with Crippen molar-refractivity contribution in [3.8, 4) is 0 Å². The molecule has 1 heterocycles. The minimum Gasteiger partial charge on any atom is -0.293 e. The summed E-state index contributed by atoms with van der Waals surface area (Å²) in [4.78, 5) is 14.2. The van der Waals surface area contributed by atoms with Crippen LogP contribution in [0.25, 0.3) is 0 Å². The van der Waals surface area contributed by atoms with Gasteiger partial charge in [-0.2, -0.15) is 0 Å². The number of carbonyl (C=O) groups excluding carboxylic acids is 1. The minimum absolute atomic E-state index is 0.338. The standard InChI is InChI=1S/C16H26OS/c1-4-5-6-7-8-9-10-11-15(17)16-12-13(2)14(3)18-16/h12H,4-11H2,1-3H3. The maximum absolute atomic E-state index is 12.0. The van der Waals surface area contributed by atoms with E-state index >= 15 is 0 Å². The monoisotopic (exact) mass is 266 g/mol. The molecule has 1 nitrogen and oxygen atoms in total. The van der Waals surface area contributed by atoms with Gasteiger partial charge in [0.25, 0.3) is 0 Å². The normalized spacial score (nSPS) is 10.8. The Kier molecular flexibility index (Phi) is 7.26. The van der Waals surface area contributed by atoms with E-state index in [4.69, 9.17) is 0 Å². The largest absolute Gasteiger partial charge is 0.293 e. The van der Waals surface area contributed by atoms with E-state index in [2.05, 4.69) is 20.8 Å². The van der Waals surface area contributed by atoms with Gasteiger partial charge in [-0.3, -0.25) is 4.79 Å². The van der Waals surface area contributed by atoms with Crippen LogP contribution >= 0.6 is 11.3 Å². The fourth-order valence-corrected chi connectivity index (χ4v) is 3.08. The summed E-state index contributed by atoms with van der Waals surface area (Å²) in [5.41, 5.74) is 1.25. The van der Waals surface area contributed by atoms with Gasteiger partial charge in [-0.25, -0.2) is 0 Å². The Morgan fingerprint density at radius 3 is 2.22 bits per heavy atom. The van der Waals surface area contributed by atoms with Gasteiger partial charge in [0.2, 0.25) is 0 Å². The molecular weight excluding hydrogens is 240 g/mol. The Balaban J connectivity index is 2.14. The Labute approximate surface area is 116 Å². The Bertz CT molecular complexity index is 346. The Morgan fingerprint density at radius 2 is 1.67 bits per heavy atom. The number of thiophene rings is 1. The molecule has 0 aromatic carbocycles. The number of ketones is 1. The lowest BCUT2D eigenvalue weighted by atomic mass is 10.1. The second-order valence-electron chi connectivity index (χ2n) is 5.14. The third-order valence-electron chi connectivity index (χ3n) is 3.45. The molecule has 102 valence electrons. The van der Waals surface area contributed by atoms with Gasteiger partial charge in [-0.05, 0) is 31.9 Å². The van der Waals surface area contributed by atoms with Crippen molar-refractivity contribution < 1.29 is 4.79 Å². The van der Waals surface area contributed by atoms with E-state index in [1.54, 1.807) is 11.3 Å². The first kappa shape index (κ1) is 15.4. The molecule has 0 atom stereocenters. The summed E-state index contributed by atoms with van der Waals surface area (Å²) in [6, 6.07) is 2.05. The van der Waals surface area contributed by atoms with Crippen LogP contribution in [-0.2, 0) is 0 Å². The van der Waals surface area contributed by atoms with Crippen LogP contribution in [0.4, 0.5) is 0 Å². The molecule has 0 N–H and O–H groups in total. The molecular formula is C16H26OS. The first-order valence-corrected chi connectivity index (χ1v) is 8.07. The first-order valence-electron chi connectivity index (χ1n) is 7.25. The van der Waals surface area contributed by atoms with Crippen molar-refractivity contribution >= 4 is 17.1 Å². The van der Waals surface area contributed by atoms with Gasteiger partial charge in [-0.1, -0.05) is 45.4 Å². The molecule has 2 heteroatoms. The highest BCUT2D eigenvalue weighted by molar-refractivity contribution is 7.14. The first-order chi connectivity index (χ1) is 8.65. The summed E-state index contributed by atoms with van der Waals surface area (Å²) < 4.78 is 0. The number of carbonyl (C=O) groups is 1. The lowest BCUT2D eigenvalue weighted by Crippen LogP contribution is -1.95. The fraction of sp³-hybridized carbons (Fsp3) is 0.688. The molecule has 0 fully saturated rings. The highest BCUT2D eigenvalue weighted by Crippen LogP contribution is 2.22. The highest BCUT2D eigenvalue weighted by Gasteiger charge is 2.09. The van der Waals surface area contributed by atoms with Gasteiger partial charge in [0.05, 0.1) is 4.88 Å². The molecule has 0 spiro atoms. The molecule has 0 unspecified atom stereocenters. The Hall–Kier alpha value is -0.630. The van der Waals surface area contributed by atoms with Crippen LogP contribution in [0.5, 0.6) is 0 Å². The summed E-state index contributed by atoms with van der Waals surface area (Å²) in [5, 5.41) is 0. The second kappa shape index (κ2) is 8.47. The van der Waals surface area contributed by atoms with E-state index in [0.29, 0.717) is 5.78 Å². The smallest absolute Gasteiger partial charge is 0.172 e. The second-order valence-corrected chi connectivity index (χ2v) is 6.40. The number of hydrogen-bond donors (Lipinski definition) is 0. The average Bonchev–Trinajstić information content (AvgIpc) is 2.68. The molecule has 0 bridgehead atoms. The van der Waals surface area contributed by atoms with E-state index in [9.17, 15) is 4.79 Å². The van der Waals surface area contributed by atoms with Crippen LogP contribution in [-0.4, -0.2) is 5.78 Å². The number of rotatable bonds is 9. The number of aryl methyl sites for hydroxylation is 2. The molecule has 1 aromatic heterocycles. The molecule has 0 amide bonds. The zero-order valence-corrected chi connectivity index (χ0v) is 12.9. The molecule has 0 aliphatic heterocycles. The molecule has 0 aliphatic carbocycles. The fourth-order valence-electron chi connectivity index (χ4n) is 2.08. The van der Waals surface area contributed by atoms with Crippen LogP contribution in [0.3, 0.4) is 0 Å². The van der Waals surface area contributed by atoms with E-state index in [-0.39, 0.29) is 0 Å². The molecule has 18 heavy (non-hydrogen) atoms. The van der Waals surface area contributed by atoms with Gasteiger partial charge in [0.15, 0.2) is 5.78 Å². The van der Waals surface area contributed by atoms with Gasteiger partial charge < -0.3 is 0 Å². The molecule has 0 saturated carbocycles. The maximum Gasteiger partial charge on any atom is 0.172 e. The number of hydrogen-bond acceptors (Lipinski definition) is 2.